The fourth-order valence-electron chi connectivity index (χ4n) is 4.68. The highest BCUT2D eigenvalue weighted by Crippen LogP contribution is 2.33. The van der Waals surface area contributed by atoms with Gasteiger partial charge in [-0.25, -0.2) is 0 Å². The van der Waals surface area contributed by atoms with Crippen molar-refractivity contribution in [1.82, 2.24) is 19.7 Å². The van der Waals surface area contributed by atoms with Gasteiger partial charge in [-0.1, -0.05) is 0 Å². The van der Waals surface area contributed by atoms with E-state index in [-0.39, 0.29) is 5.91 Å². The van der Waals surface area contributed by atoms with E-state index in [1.54, 1.807) is 24.5 Å². The number of nitrogens with zero attached hydrogens (tertiary/aromatic N) is 4. The summed E-state index contributed by atoms with van der Waals surface area (Å²) in [6.45, 7) is 3.71. The zero-order valence-electron chi connectivity index (χ0n) is 14.8. The minimum Gasteiger partial charge on any atom is -0.341 e. The smallest absolute Gasteiger partial charge is 0.253 e. The zero-order valence-corrected chi connectivity index (χ0v) is 14.8. The van der Waals surface area contributed by atoms with Crippen molar-refractivity contribution in [2.45, 2.75) is 37.8 Å². The van der Waals surface area contributed by atoms with Crippen molar-refractivity contribution in [3.05, 3.63) is 30.1 Å². The van der Waals surface area contributed by atoms with Crippen LogP contribution in [0.1, 0.15) is 36.0 Å². The van der Waals surface area contributed by atoms with Gasteiger partial charge < -0.3 is 9.80 Å². The second-order valence-corrected chi connectivity index (χ2v) is 7.58. The number of piperidine rings is 2. The van der Waals surface area contributed by atoms with Crippen LogP contribution in [0.15, 0.2) is 24.5 Å². The Bertz CT molecular complexity index is 642. The quantitative estimate of drug-likeness (QED) is 0.811. The van der Waals surface area contributed by atoms with Gasteiger partial charge in [0.15, 0.2) is 0 Å². The van der Waals surface area contributed by atoms with Crippen molar-refractivity contribution in [2.75, 3.05) is 33.2 Å². The standard InChI is InChI=1S/C19H26N4O2/c1-21-17-13-23(9-4-15(17)12-18(21)24)16-5-10-22(11-6-16)19(25)14-2-7-20-8-3-14/h2-3,7-8,15-17H,4-6,9-13H2,1H3/t15-,17-/m1/s1. The molecule has 3 fully saturated rings. The van der Waals surface area contributed by atoms with E-state index >= 15 is 0 Å². The molecule has 0 aromatic carbocycles. The van der Waals surface area contributed by atoms with Crippen LogP contribution in [-0.4, -0.2) is 76.8 Å². The first-order valence-corrected chi connectivity index (χ1v) is 9.32. The number of pyridine rings is 1. The van der Waals surface area contributed by atoms with Crippen LogP contribution < -0.4 is 0 Å². The third kappa shape index (κ3) is 3.15. The Morgan fingerprint density at radius 1 is 1.12 bits per heavy atom. The molecule has 0 bridgehead atoms. The van der Waals surface area contributed by atoms with Crippen molar-refractivity contribution in [2.24, 2.45) is 5.92 Å². The number of likely N-dealkylation sites (tertiary alicyclic amines) is 3. The second kappa shape index (κ2) is 6.75. The number of carbonyl (C=O) groups excluding carboxylic acids is 2. The van der Waals surface area contributed by atoms with E-state index in [0.29, 0.717) is 23.9 Å². The number of hydrogen-bond donors (Lipinski definition) is 0. The van der Waals surface area contributed by atoms with Crippen LogP contribution >= 0.6 is 0 Å². The topological polar surface area (TPSA) is 56.8 Å². The van der Waals surface area contributed by atoms with E-state index in [4.69, 9.17) is 0 Å². The second-order valence-electron chi connectivity index (χ2n) is 7.58. The lowest BCUT2D eigenvalue weighted by molar-refractivity contribution is -0.127. The normalized spacial score (nSPS) is 28.3. The van der Waals surface area contributed by atoms with Crippen LogP contribution in [0.25, 0.3) is 0 Å². The number of fused-ring (bicyclic) bond motifs is 1. The molecule has 3 aliphatic rings. The summed E-state index contributed by atoms with van der Waals surface area (Å²) in [6.07, 6.45) is 7.23. The van der Waals surface area contributed by atoms with Crippen molar-refractivity contribution < 1.29 is 9.59 Å². The van der Waals surface area contributed by atoms with E-state index < -0.39 is 0 Å². The van der Waals surface area contributed by atoms with E-state index in [9.17, 15) is 9.59 Å². The van der Waals surface area contributed by atoms with Gasteiger partial charge in [0, 0.05) is 63.1 Å². The molecule has 2 atom stereocenters. The van der Waals surface area contributed by atoms with Crippen LogP contribution in [-0.2, 0) is 4.79 Å². The molecule has 2 amide bonds. The first-order chi connectivity index (χ1) is 12.1. The van der Waals surface area contributed by atoms with E-state index in [1.165, 1.54) is 0 Å². The maximum absolute atomic E-state index is 12.6. The average Bonchev–Trinajstić information content (AvgIpc) is 2.95. The predicted molar refractivity (Wildman–Crippen MR) is 94.0 cm³/mol. The number of hydrogen-bond acceptors (Lipinski definition) is 4. The molecule has 134 valence electrons. The molecular weight excluding hydrogens is 316 g/mol. The highest BCUT2D eigenvalue weighted by Gasteiger charge is 2.42. The lowest BCUT2D eigenvalue weighted by Gasteiger charge is -2.44. The number of amides is 2. The van der Waals surface area contributed by atoms with Crippen molar-refractivity contribution >= 4 is 11.8 Å². The Labute approximate surface area is 148 Å². The molecule has 0 saturated carbocycles. The first kappa shape index (κ1) is 16.5. The van der Waals surface area contributed by atoms with Gasteiger partial charge in [-0.3, -0.25) is 19.5 Å². The summed E-state index contributed by atoms with van der Waals surface area (Å²) >= 11 is 0. The van der Waals surface area contributed by atoms with E-state index in [2.05, 4.69) is 9.88 Å². The molecule has 0 spiro atoms. The summed E-state index contributed by atoms with van der Waals surface area (Å²) in [5.74, 6) is 0.956. The molecule has 1 aromatic rings. The molecule has 25 heavy (non-hydrogen) atoms. The van der Waals surface area contributed by atoms with Gasteiger partial charge in [-0.2, -0.15) is 0 Å². The fraction of sp³-hybridized carbons (Fsp3) is 0.632. The maximum atomic E-state index is 12.6. The predicted octanol–water partition coefficient (Wildman–Crippen LogP) is 1.24. The molecule has 6 heteroatoms. The Hall–Kier alpha value is -1.95. The minimum absolute atomic E-state index is 0.112. The molecule has 0 aliphatic carbocycles. The van der Waals surface area contributed by atoms with Gasteiger partial charge in [0.2, 0.25) is 5.91 Å². The van der Waals surface area contributed by atoms with Gasteiger partial charge in [-0.05, 0) is 43.9 Å². The summed E-state index contributed by atoms with van der Waals surface area (Å²) < 4.78 is 0. The summed E-state index contributed by atoms with van der Waals surface area (Å²) in [6, 6.07) is 4.49. The minimum atomic E-state index is 0.112. The number of likely N-dealkylation sites (N-methyl/N-ethyl adjacent to an activating group) is 1. The van der Waals surface area contributed by atoms with Crippen molar-refractivity contribution in [1.29, 1.82) is 0 Å². The zero-order chi connectivity index (χ0) is 17.4. The van der Waals surface area contributed by atoms with Gasteiger partial charge >= 0.3 is 0 Å². The van der Waals surface area contributed by atoms with Crippen molar-refractivity contribution in [3.63, 3.8) is 0 Å². The van der Waals surface area contributed by atoms with Crippen molar-refractivity contribution in [3.8, 4) is 0 Å². The Kier molecular flexibility index (Phi) is 4.46. The molecule has 0 N–H and O–H groups in total. The monoisotopic (exact) mass is 342 g/mol. The van der Waals surface area contributed by atoms with Gasteiger partial charge in [0.1, 0.15) is 0 Å². The molecule has 3 saturated heterocycles. The fourth-order valence-corrected chi connectivity index (χ4v) is 4.68. The first-order valence-electron chi connectivity index (χ1n) is 9.32. The van der Waals surface area contributed by atoms with Crippen LogP contribution in [0.2, 0.25) is 0 Å². The molecule has 6 nitrogen and oxygen atoms in total. The van der Waals surface area contributed by atoms with Crippen LogP contribution in [0.4, 0.5) is 0 Å². The maximum Gasteiger partial charge on any atom is 0.253 e. The lowest BCUT2D eigenvalue weighted by atomic mass is 9.90. The van der Waals surface area contributed by atoms with Gasteiger partial charge in [-0.15, -0.1) is 0 Å². The Balaban J connectivity index is 1.33. The average molecular weight is 342 g/mol. The molecule has 4 rings (SSSR count). The number of aromatic nitrogens is 1. The van der Waals surface area contributed by atoms with Gasteiger partial charge in [0.25, 0.3) is 5.91 Å². The van der Waals surface area contributed by atoms with E-state index in [1.807, 2.05) is 16.8 Å². The summed E-state index contributed by atoms with van der Waals surface area (Å²) in [7, 11) is 1.95. The van der Waals surface area contributed by atoms with Gasteiger partial charge in [0.05, 0.1) is 0 Å². The van der Waals surface area contributed by atoms with Crippen LogP contribution in [0.5, 0.6) is 0 Å². The van der Waals surface area contributed by atoms with Crippen LogP contribution in [0.3, 0.4) is 0 Å². The number of carbonyl (C=O) groups is 2. The SMILES string of the molecule is CN1C(=O)C[C@H]2CCN(C3CCN(C(=O)c4ccncc4)CC3)C[C@H]21. The third-order valence-corrected chi connectivity index (χ3v) is 6.28. The number of rotatable bonds is 2. The van der Waals surface area contributed by atoms with E-state index in [0.717, 1.165) is 57.4 Å². The third-order valence-electron chi connectivity index (χ3n) is 6.28. The molecule has 4 heterocycles. The lowest BCUT2D eigenvalue weighted by Crippen LogP contribution is -2.54. The Morgan fingerprint density at radius 3 is 2.56 bits per heavy atom. The summed E-state index contributed by atoms with van der Waals surface area (Å²) in [5, 5.41) is 0. The summed E-state index contributed by atoms with van der Waals surface area (Å²) in [5.41, 5.74) is 0.723. The largest absolute Gasteiger partial charge is 0.341 e. The molecule has 1 aromatic heterocycles. The molecule has 3 aliphatic heterocycles. The summed E-state index contributed by atoms with van der Waals surface area (Å²) in [4.78, 5) is 34.9. The Morgan fingerprint density at radius 2 is 1.84 bits per heavy atom. The van der Waals surface area contributed by atoms with Crippen LogP contribution in [0, 0.1) is 5.92 Å². The highest BCUT2D eigenvalue weighted by atomic mass is 16.2. The molecule has 0 radical (unpaired) electrons. The highest BCUT2D eigenvalue weighted by molar-refractivity contribution is 5.94. The molecule has 0 unspecified atom stereocenters. The molecular formula is C19H26N4O2.